The maximum Gasteiger partial charge on any atom is 0.270 e. The van der Waals surface area contributed by atoms with Gasteiger partial charge in [0, 0.05) is 36.3 Å². The second-order valence-electron chi connectivity index (χ2n) is 5.54. The monoisotopic (exact) mass is 362 g/mol. The minimum atomic E-state index is -0.509. The molecule has 0 saturated heterocycles. The molecule has 1 amide bonds. The van der Waals surface area contributed by atoms with Crippen molar-refractivity contribution in [2.45, 2.75) is 12.8 Å². The van der Waals surface area contributed by atoms with E-state index in [1.54, 1.807) is 42.3 Å². The van der Waals surface area contributed by atoms with Crippen molar-refractivity contribution in [1.29, 1.82) is 0 Å². The van der Waals surface area contributed by atoms with Crippen LogP contribution in [0.5, 0.6) is 5.75 Å². The lowest BCUT2D eigenvalue weighted by Crippen LogP contribution is -2.28. The normalized spacial score (nSPS) is 10.3. The topological polar surface area (TPSA) is 72.7 Å². The summed E-state index contributed by atoms with van der Waals surface area (Å²) in [4.78, 5) is 24.1. The first-order valence-corrected chi connectivity index (χ1v) is 8.23. The van der Waals surface area contributed by atoms with Crippen LogP contribution in [0.25, 0.3) is 0 Å². The Morgan fingerprint density at radius 2 is 1.92 bits per heavy atom. The van der Waals surface area contributed by atoms with E-state index in [0.717, 1.165) is 18.6 Å². The number of hydrogen-bond donors (Lipinski definition) is 0. The largest absolute Gasteiger partial charge is 0.494 e. The Bertz CT molecular complexity index is 734. The molecule has 0 radical (unpaired) electrons. The summed E-state index contributed by atoms with van der Waals surface area (Å²) < 4.78 is 5.59. The van der Waals surface area contributed by atoms with Crippen LogP contribution in [0.15, 0.2) is 48.5 Å². The lowest BCUT2D eigenvalue weighted by molar-refractivity contribution is -0.384. The van der Waals surface area contributed by atoms with Gasteiger partial charge in [-0.2, -0.15) is 0 Å². The summed E-state index contributed by atoms with van der Waals surface area (Å²) in [6.45, 7) is 1.09. The minimum Gasteiger partial charge on any atom is -0.494 e. The van der Waals surface area contributed by atoms with Gasteiger partial charge in [0.25, 0.3) is 11.6 Å². The van der Waals surface area contributed by atoms with E-state index in [0.29, 0.717) is 23.7 Å². The summed E-state index contributed by atoms with van der Waals surface area (Å²) in [5, 5.41) is 11.4. The molecule has 0 saturated carbocycles. The van der Waals surface area contributed by atoms with E-state index in [1.807, 2.05) is 0 Å². The average molecular weight is 363 g/mol. The Balaban J connectivity index is 1.75. The minimum absolute atomic E-state index is 0.0874. The first-order valence-electron chi connectivity index (χ1n) is 7.85. The third-order valence-electron chi connectivity index (χ3n) is 3.62. The number of nitro groups is 1. The zero-order valence-corrected chi connectivity index (χ0v) is 14.6. The van der Waals surface area contributed by atoms with Crippen LogP contribution in [-0.2, 0) is 0 Å². The number of nitro benzene ring substituents is 1. The molecule has 25 heavy (non-hydrogen) atoms. The Kier molecular flexibility index (Phi) is 6.77. The van der Waals surface area contributed by atoms with Gasteiger partial charge in [-0.3, -0.25) is 14.9 Å². The molecule has 0 aromatic heterocycles. The molecule has 0 aliphatic rings. The molecule has 0 bridgehead atoms. The fourth-order valence-corrected chi connectivity index (χ4v) is 2.37. The summed E-state index contributed by atoms with van der Waals surface area (Å²) >= 11 is 5.81. The molecule has 2 rings (SSSR count). The fourth-order valence-electron chi connectivity index (χ4n) is 2.25. The predicted molar refractivity (Wildman–Crippen MR) is 96.2 cm³/mol. The van der Waals surface area contributed by atoms with Gasteiger partial charge in [0.1, 0.15) is 5.75 Å². The highest BCUT2D eigenvalue weighted by atomic mass is 35.5. The molecule has 0 N–H and O–H groups in total. The quantitative estimate of drug-likeness (QED) is 0.401. The van der Waals surface area contributed by atoms with Gasteiger partial charge in [-0.1, -0.05) is 17.7 Å². The van der Waals surface area contributed by atoms with E-state index in [9.17, 15) is 14.9 Å². The number of ether oxygens (including phenoxy) is 1. The number of halogens is 1. The molecular weight excluding hydrogens is 344 g/mol. The second kappa shape index (κ2) is 9.03. The fraction of sp³-hybridized carbons (Fsp3) is 0.278. The summed E-state index contributed by atoms with van der Waals surface area (Å²) in [5.74, 6) is 0.521. The number of non-ortho nitro benzene ring substituents is 1. The van der Waals surface area contributed by atoms with Crippen molar-refractivity contribution in [2.24, 2.45) is 0 Å². The molecule has 0 aliphatic carbocycles. The summed E-state index contributed by atoms with van der Waals surface area (Å²) in [6, 6.07) is 12.9. The van der Waals surface area contributed by atoms with Crippen LogP contribution in [0.1, 0.15) is 23.2 Å². The molecule has 0 fully saturated rings. The first kappa shape index (κ1) is 18.7. The second-order valence-corrected chi connectivity index (χ2v) is 5.98. The molecule has 0 aliphatic heterocycles. The molecule has 0 unspecified atom stereocenters. The number of benzene rings is 2. The van der Waals surface area contributed by atoms with Crippen LogP contribution in [0.2, 0.25) is 5.02 Å². The van der Waals surface area contributed by atoms with Crippen molar-refractivity contribution in [3.8, 4) is 5.75 Å². The van der Waals surface area contributed by atoms with Gasteiger partial charge in [0.2, 0.25) is 0 Å². The van der Waals surface area contributed by atoms with Gasteiger partial charge in [0.05, 0.1) is 11.5 Å². The zero-order valence-electron chi connectivity index (χ0n) is 13.9. The highest BCUT2D eigenvalue weighted by molar-refractivity contribution is 6.30. The van der Waals surface area contributed by atoms with Crippen LogP contribution >= 0.6 is 11.6 Å². The number of amides is 1. The molecule has 132 valence electrons. The number of carbonyl (C=O) groups excluding carboxylic acids is 1. The molecule has 0 spiro atoms. The van der Waals surface area contributed by atoms with Crippen molar-refractivity contribution in [3.63, 3.8) is 0 Å². The average Bonchev–Trinajstić information content (AvgIpc) is 2.62. The van der Waals surface area contributed by atoms with E-state index < -0.39 is 4.92 Å². The van der Waals surface area contributed by atoms with E-state index in [-0.39, 0.29) is 11.6 Å². The van der Waals surface area contributed by atoms with Crippen LogP contribution in [0.3, 0.4) is 0 Å². The van der Waals surface area contributed by atoms with Gasteiger partial charge in [0.15, 0.2) is 0 Å². The SMILES string of the molecule is CN(CCCCOc1ccc(Cl)cc1)C(=O)c1cccc([N+](=O)[O-])c1. The lowest BCUT2D eigenvalue weighted by Gasteiger charge is -2.17. The molecule has 7 heteroatoms. The van der Waals surface area contributed by atoms with Crippen molar-refractivity contribution in [2.75, 3.05) is 20.2 Å². The zero-order chi connectivity index (χ0) is 18.2. The van der Waals surface area contributed by atoms with Gasteiger partial charge in [-0.05, 0) is 43.2 Å². The molecular formula is C18H19ClN2O4. The van der Waals surface area contributed by atoms with Crippen LogP contribution < -0.4 is 4.74 Å². The van der Waals surface area contributed by atoms with Gasteiger partial charge in [-0.25, -0.2) is 0 Å². The molecule has 6 nitrogen and oxygen atoms in total. The highest BCUT2D eigenvalue weighted by Gasteiger charge is 2.14. The molecule has 0 atom stereocenters. The summed E-state index contributed by atoms with van der Waals surface area (Å²) in [7, 11) is 1.68. The van der Waals surface area contributed by atoms with E-state index in [2.05, 4.69) is 0 Å². The number of carbonyl (C=O) groups is 1. The van der Waals surface area contributed by atoms with E-state index in [4.69, 9.17) is 16.3 Å². The number of unbranched alkanes of at least 4 members (excludes halogenated alkanes) is 1. The Morgan fingerprint density at radius 3 is 2.60 bits per heavy atom. The molecule has 2 aromatic rings. The highest BCUT2D eigenvalue weighted by Crippen LogP contribution is 2.16. The van der Waals surface area contributed by atoms with Crippen LogP contribution in [0, 0.1) is 10.1 Å². The lowest BCUT2D eigenvalue weighted by atomic mass is 10.1. The number of rotatable bonds is 8. The maximum atomic E-state index is 12.3. The third-order valence-corrected chi connectivity index (χ3v) is 3.87. The van der Waals surface area contributed by atoms with E-state index in [1.165, 1.54) is 18.2 Å². The number of nitrogens with zero attached hydrogens (tertiary/aromatic N) is 2. The Labute approximate surface area is 151 Å². The Morgan fingerprint density at radius 1 is 1.20 bits per heavy atom. The van der Waals surface area contributed by atoms with Crippen molar-refractivity contribution < 1.29 is 14.5 Å². The predicted octanol–water partition coefficient (Wildman–Crippen LogP) is 4.18. The van der Waals surface area contributed by atoms with Gasteiger partial charge < -0.3 is 9.64 Å². The van der Waals surface area contributed by atoms with Crippen molar-refractivity contribution in [1.82, 2.24) is 4.90 Å². The van der Waals surface area contributed by atoms with Crippen molar-refractivity contribution >= 4 is 23.2 Å². The standard InChI is InChI=1S/C18H19ClN2O4/c1-20(18(22)14-5-4-6-16(13-14)21(23)24)11-2-3-12-25-17-9-7-15(19)8-10-17/h4-10,13H,2-3,11-12H2,1H3. The maximum absolute atomic E-state index is 12.3. The van der Waals surface area contributed by atoms with Crippen molar-refractivity contribution in [3.05, 3.63) is 69.2 Å². The van der Waals surface area contributed by atoms with Crippen LogP contribution in [-0.4, -0.2) is 35.9 Å². The smallest absolute Gasteiger partial charge is 0.270 e. The summed E-state index contributed by atoms with van der Waals surface area (Å²) in [6.07, 6.45) is 1.56. The molecule has 0 heterocycles. The van der Waals surface area contributed by atoms with Gasteiger partial charge >= 0.3 is 0 Å². The van der Waals surface area contributed by atoms with Crippen LogP contribution in [0.4, 0.5) is 5.69 Å². The molecule has 2 aromatic carbocycles. The van der Waals surface area contributed by atoms with Gasteiger partial charge in [-0.15, -0.1) is 0 Å². The summed E-state index contributed by atoms with van der Waals surface area (Å²) in [5.41, 5.74) is 0.227. The van der Waals surface area contributed by atoms with E-state index >= 15 is 0 Å². The number of hydrogen-bond acceptors (Lipinski definition) is 4. The third kappa shape index (κ3) is 5.76. The first-order chi connectivity index (χ1) is 12.0. The Hall–Kier alpha value is -2.60.